The highest BCUT2D eigenvalue weighted by molar-refractivity contribution is 5.92. The van der Waals surface area contributed by atoms with Crippen LogP contribution in [-0.4, -0.2) is 54.4 Å². The van der Waals surface area contributed by atoms with Crippen LogP contribution in [0.4, 0.5) is 0 Å². The fourth-order valence-electron chi connectivity index (χ4n) is 2.77. The summed E-state index contributed by atoms with van der Waals surface area (Å²) in [6.45, 7) is 2.15. The number of carbonyl (C=O) groups is 2. The predicted octanol–water partition coefficient (Wildman–Crippen LogP) is 2.45. The standard InChI is InChI=1S/C21H22N2O3/c24-20(12-11-18-7-3-1-4-8-18)22-13-15-23(16-14-22)21(25)17-26-19-9-5-2-6-10-19/h1-12H,13-17H2/b12-11+. The van der Waals surface area contributed by atoms with Crippen LogP contribution in [0.1, 0.15) is 5.56 Å². The van der Waals surface area contributed by atoms with Crippen LogP contribution in [0.15, 0.2) is 66.7 Å². The van der Waals surface area contributed by atoms with Gasteiger partial charge in [-0.2, -0.15) is 0 Å². The lowest BCUT2D eigenvalue weighted by atomic mass is 10.2. The third-order valence-corrected chi connectivity index (χ3v) is 4.27. The summed E-state index contributed by atoms with van der Waals surface area (Å²) in [7, 11) is 0. The first kappa shape index (κ1) is 17.7. The Kier molecular flexibility index (Phi) is 6.04. The minimum atomic E-state index is -0.0548. The molecule has 0 saturated carbocycles. The second-order valence-electron chi connectivity index (χ2n) is 6.05. The molecule has 1 heterocycles. The Labute approximate surface area is 153 Å². The molecule has 0 atom stereocenters. The van der Waals surface area contributed by atoms with Crippen LogP contribution < -0.4 is 4.74 Å². The number of hydrogen-bond acceptors (Lipinski definition) is 3. The molecule has 2 aromatic carbocycles. The molecule has 0 spiro atoms. The molecule has 0 aliphatic carbocycles. The molecule has 0 radical (unpaired) electrons. The first-order valence-corrected chi connectivity index (χ1v) is 8.70. The minimum Gasteiger partial charge on any atom is -0.484 e. The lowest BCUT2D eigenvalue weighted by Gasteiger charge is -2.34. The number of hydrogen-bond donors (Lipinski definition) is 0. The molecule has 0 unspecified atom stereocenters. The summed E-state index contributed by atoms with van der Waals surface area (Å²) < 4.78 is 5.50. The van der Waals surface area contributed by atoms with Crippen LogP contribution in [-0.2, 0) is 9.59 Å². The Hall–Kier alpha value is -3.08. The zero-order chi connectivity index (χ0) is 18.2. The van der Waals surface area contributed by atoms with E-state index in [1.807, 2.05) is 66.7 Å². The van der Waals surface area contributed by atoms with E-state index in [0.717, 1.165) is 5.56 Å². The van der Waals surface area contributed by atoms with Gasteiger partial charge in [-0.25, -0.2) is 0 Å². The zero-order valence-corrected chi connectivity index (χ0v) is 14.6. The minimum absolute atomic E-state index is 0.0197. The topological polar surface area (TPSA) is 49.9 Å². The number of amides is 2. The third-order valence-electron chi connectivity index (χ3n) is 4.27. The lowest BCUT2D eigenvalue weighted by molar-refractivity contribution is -0.138. The van der Waals surface area contributed by atoms with Gasteiger partial charge < -0.3 is 14.5 Å². The Bertz CT molecular complexity index is 751. The monoisotopic (exact) mass is 350 g/mol. The van der Waals surface area contributed by atoms with Gasteiger partial charge in [0.1, 0.15) is 5.75 Å². The first-order chi connectivity index (χ1) is 12.7. The van der Waals surface area contributed by atoms with E-state index in [1.54, 1.807) is 15.9 Å². The molecule has 3 rings (SSSR count). The quantitative estimate of drug-likeness (QED) is 0.779. The van der Waals surface area contributed by atoms with Crippen molar-refractivity contribution in [3.8, 4) is 5.75 Å². The number of para-hydroxylation sites is 1. The number of ether oxygens (including phenoxy) is 1. The smallest absolute Gasteiger partial charge is 0.260 e. The van der Waals surface area contributed by atoms with Crippen LogP contribution in [0.3, 0.4) is 0 Å². The number of nitrogens with zero attached hydrogens (tertiary/aromatic N) is 2. The zero-order valence-electron chi connectivity index (χ0n) is 14.6. The Morgan fingerprint density at radius 3 is 2.08 bits per heavy atom. The van der Waals surface area contributed by atoms with Crippen LogP contribution in [0, 0.1) is 0 Å². The maximum absolute atomic E-state index is 12.3. The Morgan fingerprint density at radius 1 is 0.846 bits per heavy atom. The van der Waals surface area contributed by atoms with Gasteiger partial charge in [0.25, 0.3) is 5.91 Å². The van der Waals surface area contributed by atoms with E-state index in [1.165, 1.54) is 0 Å². The molecule has 0 aromatic heterocycles. The largest absolute Gasteiger partial charge is 0.484 e. The maximum atomic E-state index is 12.3. The van der Waals surface area contributed by atoms with Gasteiger partial charge in [0.05, 0.1) is 0 Å². The summed E-state index contributed by atoms with van der Waals surface area (Å²) in [5.41, 5.74) is 0.993. The van der Waals surface area contributed by atoms with Crippen molar-refractivity contribution >= 4 is 17.9 Å². The second kappa shape index (κ2) is 8.85. The van der Waals surface area contributed by atoms with Crippen LogP contribution in [0.25, 0.3) is 6.08 Å². The summed E-state index contributed by atoms with van der Waals surface area (Å²) in [5.74, 6) is 0.600. The third kappa shape index (κ3) is 4.96. The van der Waals surface area contributed by atoms with E-state index in [2.05, 4.69) is 0 Å². The number of rotatable bonds is 5. The molecule has 5 heteroatoms. The molecule has 1 saturated heterocycles. The summed E-state index contributed by atoms with van der Waals surface area (Å²) in [6.07, 6.45) is 3.40. The number of piperazine rings is 1. The summed E-state index contributed by atoms with van der Waals surface area (Å²) in [6, 6.07) is 19.0. The lowest BCUT2D eigenvalue weighted by Crippen LogP contribution is -2.51. The van der Waals surface area contributed by atoms with E-state index in [9.17, 15) is 9.59 Å². The van der Waals surface area contributed by atoms with Crippen molar-refractivity contribution in [1.82, 2.24) is 9.80 Å². The van der Waals surface area contributed by atoms with Crippen LogP contribution in [0.2, 0.25) is 0 Å². The normalized spacial score (nSPS) is 14.5. The molecule has 134 valence electrons. The molecule has 1 aliphatic rings. The van der Waals surface area contributed by atoms with E-state index in [-0.39, 0.29) is 18.4 Å². The van der Waals surface area contributed by atoms with E-state index < -0.39 is 0 Å². The first-order valence-electron chi connectivity index (χ1n) is 8.70. The van der Waals surface area contributed by atoms with Gasteiger partial charge in [-0.1, -0.05) is 48.5 Å². The van der Waals surface area contributed by atoms with Gasteiger partial charge in [0.15, 0.2) is 6.61 Å². The Balaban J connectivity index is 1.44. The van der Waals surface area contributed by atoms with Crippen molar-refractivity contribution in [2.45, 2.75) is 0 Å². The predicted molar refractivity (Wildman–Crippen MR) is 101 cm³/mol. The summed E-state index contributed by atoms with van der Waals surface area (Å²) in [5, 5.41) is 0. The van der Waals surface area contributed by atoms with Crippen molar-refractivity contribution in [1.29, 1.82) is 0 Å². The fraction of sp³-hybridized carbons (Fsp3) is 0.238. The molecule has 0 bridgehead atoms. The molecule has 5 nitrogen and oxygen atoms in total. The van der Waals surface area contributed by atoms with Crippen molar-refractivity contribution < 1.29 is 14.3 Å². The highest BCUT2D eigenvalue weighted by atomic mass is 16.5. The second-order valence-corrected chi connectivity index (χ2v) is 6.05. The number of carbonyl (C=O) groups excluding carboxylic acids is 2. The Morgan fingerprint density at radius 2 is 1.42 bits per heavy atom. The average Bonchev–Trinajstić information content (AvgIpc) is 2.72. The highest BCUT2D eigenvalue weighted by Crippen LogP contribution is 2.10. The molecule has 2 aromatic rings. The van der Waals surface area contributed by atoms with Gasteiger partial charge in [-0.05, 0) is 23.8 Å². The SMILES string of the molecule is O=C(/C=C/c1ccccc1)N1CCN(C(=O)COc2ccccc2)CC1. The van der Waals surface area contributed by atoms with Gasteiger partial charge in [-0.15, -0.1) is 0 Å². The van der Waals surface area contributed by atoms with Crippen molar-refractivity contribution in [3.05, 3.63) is 72.3 Å². The fourth-order valence-corrected chi connectivity index (χ4v) is 2.77. The molecule has 1 fully saturated rings. The highest BCUT2D eigenvalue weighted by Gasteiger charge is 2.23. The van der Waals surface area contributed by atoms with Gasteiger partial charge in [0, 0.05) is 32.3 Å². The number of benzene rings is 2. The molecule has 26 heavy (non-hydrogen) atoms. The van der Waals surface area contributed by atoms with E-state index in [0.29, 0.717) is 31.9 Å². The average molecular weight is 350 g/mol. The summed E-state index contributed by atoms with van der Waals surface area (Å²) >= 11 is 0. The van der Waals surface area contributed by atoms with Crippen molar-refractivity contribution in [3.63, 3.8) is 0 Å². The molecule has 2 amide bonds. The molecule has 1 aliphatic heterocycles. The van der Waals surface area contributed by atoms with Crippen molar-refractivity contribution in [2.75, 3.05) is 32.8 Å². The maximum Gasteiger partial charge on any atom is 0.260 e. The molecular weight excluding hydrogens is 328 g/mol. The summed E-state index contributed by atoms with van der Waals surface area (Å²) in [4.78, 5) is 28.0. The molecule has 0 N–H and O–H groups in total. The van der Waals surface area contributed by atoms with Gasteiger partial charge in [-0.3, -0.25) is 9.59 Å². The van der Waals surface area contributed by atoms with Crippen molar-refractivity contribution in [2.24, 2.45) is 0 Å². The van der Waals surface area contributed by atoms with Crippen LogP contribution in [0.5, 0.6) is 5.75 Å². The van der Waals surface area contributed by atoms with Gasteiger partial charge in [0.2, 0.25) is 5.91 Å². The molecular formula is C21H22N2O3. The van der Waals surface area contributed by atoms with E-state index >= 15 is 0 Å². The van der Waals surface area contributed by atoms with E-state index in [4.69, 9.17) is 4.74 Å². The van der Waals surface area contributed by atoms with Gasteiger partial charge >= 0.3 is 0 Å². The van der Waals surface area contributed by atoms with Crippen LogP contribution >= 0.6 is 0 Å².